The van der Waals surface area contributed by atoms with Gasteiger partial charge in [-0.2, -0.15) is 0 Å². The molecule has 0 saturated heterocycles. The predicted molar refractivity (Wildman–Crippen MR) is 73.8 cm³/mol. The highest BCUT2D eigenvalue weighted by Crippen LogP contribution is 2.10. The average molecular weight is 252 g/mol. The minimum Gasteiger partial charge on any atom is -0.383 e. The maximum absolute atomic E-state index is 5.14. The van der Waals surface area contributed by atoms with Crippen molar-refractivity contribution < 1.29 is 4.74 Å². The molecule has 18 heavy (non-hydrogen) atoms. The normalized spacial score (nSPS) is 12.4. The average Bonchev–Trinajstić information content (AvgIpc) is 2.39. The van der Waals surface area contributed by atoms with Crippen molar-refractivity contribution in [3.8, 4) is 0 Å². The van der Waals surface area contributed by atoms with E-state index in [9.17, 15) is 0 Å². The summed E-state index contributed by atoms with van der Waals surface area (Å²) in [5, 5.41) is 3.31. The number of ether oxygens (including phenoxy) is 1. The maximum atomic E-state index is 5.14. The first-order valence-corrected chi connectivity index (χ1v) is 6.42. The third kappa shape index (κ3) is 4.58. The fraction of sp³-hybridized carbons (Fsp3) is 0.692. The molecule has 1 heterocycles. The number of aromatic nitrogens is 2. The summed E-state index contributed by atoms with van der Waals surface area (Å²) in [6.45, 7) is 6.71. The zero-order valence-corrected chi connectivity index (χ0v) is 11.8. The molecule has 0 spiro atoms. The lowest BCUT2D eigenvalue weighted by Crippen LogP contribution is -2.33. The van der Waals surface area contributed by atoms with E-state index in [0.717, 1.165) is 31.0 Å². The molecule has 0 aromatic carbocycles. The standard InChI is InChI=1S/C13H24N4O/c1-5-6-14-7-12-8-16-13(9-15-12)17(3)11(2)10-18-4/h8-9,11,14H,5-7,10H2,1-4H3. The summed E-state index contributed by atoms with van der Waals surface area (Å²) in [6, 6.07) is 0.286. The smallest absolute Gasteiger partial charge is 0.147 e. The van der Waals surface area contributed by atoms with E-state index < -0.39 is 0 Å². The minimum absolute atomic E-state index is 0.286. The van der Waals surface area contributed by atoms with E-state index in [0.29, 0.717) is 6.61 Å². The number of methoxy groups -OCH3 is 1. The molecule has 1 aromatic heterocycles. The summed E-state index contributed by atoms with van der Waals surface area (Å²) in [7, 11) is 3.71. The number of nitrogens with one attached hydrogen (secondary N) is 1. The molecule has 0 aliphatic rings. The molecule has 1 unspecified atom stereocenters. The lowest BCUT2D eigenvalue weighted by Gasteiger charge is -2.24. The zero-order chi connectivity index (χ0) is 13.4. The largest absolute Gasteiger partial charge is 0.383 e. The second kappa shape index (κ2) is 8.00. The quantitative estimate of drug-likeness (QED) is 0.710. The number of nitrogens with zero attached hydrogens (tertiary/aromatic N) is 3. The maximum Gasteiger partial charge on any atom is 0.147 e. The molecule has 0 radical (unpaired) electrons. The van der Waals surface area contributed by atoms with Gasteiger partial charge in [-0.15, -0.1) is 0 Å². The van der Waals surface area contributed by atoms with Gasteiger partial charge in [0.2, 0.25) is 0 Å². The Labute approximate surface area is 110 Å². The Morgan fingerprint density at radius 3 is 2.72 bits per heavy atom. The Kier molecular flexibility index (Phi) is 6.60. The number of anilines is 1. The molecule has 5 nitrogen and oxygen atoms in total. The van der Waals surface area contributed by atoms with Crippen LogP contribution in [0.25, 0.3) is 0 Å². The van der Waals surface area contributed by atoms with Crippen molar-refractivity contribution in [2.45, 2.75) is 32.9 Å². The summed E-state index contributed by atoms with van der Waals surface area (Å²) in [5.41, 5.74) is 0.972. The van der Waals surface area contributed by atoms with Crippen molar-refractivity contribution in [2.24, 2.45) is 0 Å². The van der Waals surface area contributed by atoms with E-state index in [1.807, 2.05) is 19.4 Å². The molecule has 0 saturated carbocycles. The van der Waals surface area contributed by atoms with Gasteiger partial charge in [0.25, 0.3) is 0 Å². The Morgan fingerprint density at radius 2 is 2.17 bits per heavy atom. The Bertz CT molecular complexity index is 328. The highest BCUT2D eigenvalue weighted by Gasteiger charge is 2.11. The summed E-state index contributed by atoms with van der Waals surface area (Å²) in [6.07, 6.45) is 4.77. The fourth-order valence-electron chi connectivity index (χ4n) is 1.59. The Balaban J connectivity index is 2.53. The van der Waals surface area contributed by atoms with Crippen LogP contribution in [0.5, 0.6) is 0 Å². The van der Waals surface area contributed by atoms with E-state index in [4.69, 9.17) is 4.74 Å². The van der Waals surface area contributed by atoms with Crippen molar-refractivity contribution in [1.82, 2.24) is 15.3 Å². The first-order valence-electron chi connectivity index (χ1n) is 6.42. The molecular formula is C13H24N4O. The molecular weight excluding hydrogens is 228 g/mol. The SMILES string of the molecule is CCCNCc1cnc(N(C)C(C)COC)cn1. The van der Waals surface area contributed by atoms with Crippen molar-refractivity contribution in [3.63, 3.8) is 0 Å². The van der Waals surface area contributed by atoms with Gasteiger partial charge in [0, 0.05) is 20.7 Å². The van der Waals surface area contributed by atoms with Gasteiger partial charge in [0.05, 0.1) is 30.7 Å². The number of hydrogen-bond acceptors (Lipinski definition) is 5. The molecule has 0 amide bonds. The molecule has 0 aliphatic carbocycles. The van der Waals surface area contributed by atoms with Gasteiger partial charge in [-0.25, -0.2) is 4.98 Å². The van der Waals surface area contributed by atoms with Crippen LogP contribution >= 0.6 is 0 Å². The van der Waals surface area contributed by atoms with Crippen LogP contribution in [0.3, 0.4) is 0 Å². The molecule has 1 atom stereocenters. The van der Waals surface area contributed by atoms with Crippen LogP contribution in [-0.2, 0) is 11.3 Å². The molecule has 0 fully saturated rings. The molecule has 1 N–H and O–H groups in total. The molecule has 1 aromatic rings. The van der Waals surface area contributed by atoms with Crippen molar-refractivity contribution in [2.75, 3.05) is 32.2 Å². The zero-order valence-electron chi connectivity index (χ0n) is 11.8. The highest BCUT2D eigenvalue weighted by molar-refractivity contribution is 5.35. The summed E-state index contributed by atoms with van der Waals surface area (Å²) < 4.78 is 5.14. The molecule has 5 heteroatoms. The second-order valence-electron chi connectivity index (χ2n) is 4.46. The van der Waals surface area contributed by atoms with Gasteiger partial charge < -0.3 is 15.0 Å². The number of rotatable bonds is 8. The summed E-state index contributed by atoms with van der Waals surface area (Å²) in [4.78, 5) is 10.9. The van der Waals surface area contributed by atoms with Crippen molar-refractivity contribution in [1.29, 1.82) is 0 Å². The lowest BCUT2D eigenvalue weighted by atomic mass is 10.3. The van der Waals surface area contributed by atoms with Crippen LogP contribution in [0.15, 0.2) is 12.4 Å². The third-order valence-electron chi connectivity index (χ3n) is 2.85. The van der Waals surface area contributed by atoms with Crippen LogP contribution in [0.4, 0.5) is 5.82 Å². The number of hydrogen-bond donors (Lipinski definition) is 1. The monoisotopic (exact) mass is 252 g/mol. The molecule has 1 rings (SSSR count). The second-order valence-corrected chi connectivity index (χ2v) is 4.46. The Hall–Kier alpha value is -1.20. The molecule has 0 aliphatic heterocycles. The fourth-order valence-corrected chi connectivity index (χ4v) is 1.59. The van der Waals surface area contributed by atoms with Gasteiger partial charge in [-0.1, -0.05) is 6.92 Å². The van der Waals surface area contributed by atoms with E-state index in [1.165, 1.54) is 0 Å². The van der Waals surface area contributed by atoms with E-state index in [2.05, 4.69) is 34.0 Å². The Morgan fingerprint density at radius 1 is 1.39 bits per heavy atom. The van der Waals surface area contributed by atoms with Gasteiger partial charge in [0.1, 0.15) is 5.82 Å². The van der Waals surface area contributed by atoms with Crippen LogP contribution < -0.4 is 10.2 Å². The van der Waals surface area contributed by atoms with Crippen LogP contribution in [0, 0.1) is 0 Å². The first kappa shape index (κ1) is 14.9. The van der Waals surface area contributed by atoms with E-state index >= 15 is 0 Å². The summed E-state index contributed by atoms with van der Waals surface area (Å²) in [5.74, 6) is 0.874. The van der Waals surface area contributed by atoms with Gasteiger partial charge >= 0.3 is 0 Å². The number of likely N-dealkylation sites (N-methyl/N-ethyl adjacent to an activating group) is 1. The van der Waals surface area contributed by atoms with Gasteiger partial charge in [-0.05, 0) is 19.9 Å². The van der Waals surface area contributed by atoms with Crippen LogP contribution in [0.1, 0.15) is 26.0 Å². The van der Waals surface area contributed by atoms with Crippen LogP contribution in [-0.4, -0.2) is 43.3 Å². The highest BCUT2D eigenvalue weighted by atomic mass is 16.5. The van der Waals surface area contributed by atoms with Gasteiger partial charge in [0.15, 0.2) is 0 Å². The van der Waals surface area contributed by atoms with Crippen molar-refractivity contribution >= 4 is 5.82 Å². The predicted octanol–water partition coefficient (Wildman–Crippen LogP) is 1.45. The minimum atomic E-state index is 0.286. The van der Waals surface area contributed by atoms with E-state index in [-0.39, 0.29) is 6.04 Å². The molecule has 0 bridgehead atoms. The lowest BCUT2D eigenvalue weighted by molar-refractivity contribution is 0.183. The van der Waals surface area contributed by atoms with Crippen molar-refractivity contribution in [3.05, 3.63) is 18.1 Å². The van der Waals surface area contributed by atoms with Crippen LogP contribution in [0.2, 0.25) is 0 Å². The molecule has 102 valence electrons. The summed E-state index contributed by atoms with van der Waals surface area (Å²) >= 11 is 0. The van der Waals surface area contributed by atoms with E-state index in [1.54, 1.807) is 7.11 Å². The van der Waals surface area contributed by atoms with Gasteiger partial charge in [-0.3, -0.25) is 4.98 Å². The topological polar surface area (TPSA) is 50.3 Å². The third-order valence-corrected chi connectivity index (χ3v) is 2.85. The first-order chi connectivity index (χ1) is 8.69.